The molecule has 0 unspecified atom stereocenters. The first-order valence-corrected chi connectivity index (χ1v) is 24.6. The molecule has 0 saturated carbocycles. The molecule has 2 aromatic carbocycles. The van der Waals surface area contributed by atoms with E-state index < -0.39 is 95.7 Å². The molecule has 0 bridgehead atoms. The number of phenols is 1. The summed E-state index contributed by atoms with van der Waals surface area (Å²) in [5.74, 6) is -6.68. The van der Waals surface area contributed by atoms with Crippen molar-refractivity contribution in [3.63, 3.8) is 0 Å². The highest BCUT2D eigenvalue weighted by atomic mass is 32.1. The molecule has 7 amide bonds. The minimum Gasteiger partial charge on any atom is -0.508 e. The standard InChI is InChI=1S/C48H77N11O10S/c1-29(2)25-39(48(68)69)58-47(67)40(28-70)59-46(66)38(27-32-18-20-33(60)21-19-32)57-45(65)37(17-9-12-24-51)56-44(64)36(16-8-11-23-50)55-43(63)35(15-7-10-22-49)54-41(61)30(3)53-42(62)34(52)26-31-13-5-4-6-14-31/h4-6,13-14,18-21,29-30,34-40,60,70H,7-12,15-17,22-28,49-52H2,1-3H3,(H,53,62)(H,54,61)(H,55,63)(H,56,64)(H,57,65)(H,58,67)(H,59,66)(H,68,69)/t30-,34-,35-,36-,37-,38-,39-,40-/m0/s1. The van der Waals surface area contributed by atoms with Crippen LogP contribution < -0.4 is 60.2 Å². The van der Waals surface area contributed by atoms with Gasteiger partial charge >= 0.3 is 5.97 Å². The summed E-state index contributed by atoms with van der Waals surface area (Å²) in [6, 6.07) is 5.40. The number of amides is 7. The van der Waals surface area contributed by atoms with Gasteiger partial charge in [-0.05, 0) is 126 Å². The number of aliphatic carboxylic acids is 1. The summed E-state index contributed by atoms with van der Waals surface area (Å²) < 4.78 is 0. The number of carboxylic acid groups (broad SMARTS) is 1. The number of nitrogens with one attached hydrogen (secondary N) is 7. The maximum atomic E-state index is 14.3. The molecule has 21 nitrogen and oxygen atoms in total. The molecule has 0 heterocycles. The Morgan fingerprint density at radius 2 is 0.900 bits per heavy atom. The summed E-state index contributed by atoms with van der Waals surface area (Å²) in [6.07, 6.45) is 3.23. The molecule has 8 atom stereocenters. The molecular weight excluding hydrogens is 923 g/mol. The number of unbranched alkanes of at least 4 members (excludes halogenated alkanes) is 3. The van der Waals surface area contributed by atoms with Crippen LogP contribution in [0.5, 0.6) is 5.75 Å². The van der Waals surface area contributed by atoms with E-state index in [4.69, 9.17) is 22.9 Å². The molecule has 70 heavy (non-hydrogen) atoms. The zero-order chi connectivity index (χ0) is 52.2. The summed E-state index contributed by atoms with van der Waals surface area (Å²) in [7, 11) is 0. The number of carbonyl (C=O) groups is 8. The Morgan fingerprint density at radius 1 is 0.500 bits per heavy atom. The molecule has 0 fully saturated rings. The molecule has 0 aliphatic rings. The number of aromatic hydroxyl groups is 1. The van der Waals surface area contributed by atoms with Crippen molar-refractivity contribution in [1.29, 1.82) is 0 Å². The van der Waals surface area contributed by atoms with Gasteiger partial charge in [0.25, 0.3) is 0 Å². The fourth-order valence-corrected chi connectivity index (χ4v) is 7.51. The predicted molar refractivity (Wildman–Crippen MR) is 269 cm³/mol. The summed E-state index contributed by atoms with van der Waals surface area (Å²) in [4.78, 5) is 108. The van der Waals surface area contributed by atoms with Crippen LogP contribution in [0.2, 0.25) is 0 Å². The number of hydrogen-bond donors (Lipinski definition) is 14. The van der Waals surface area contributed by atoms with Gasteiger partial charge in [-0.25, -0.2) is 4.79 Å². The van der Waals surface area contributed by atoms with Gasteiger partial charge in [-0.15, -0.1) is 0 Å². The average molecular weight is 1000 g/mol. The third kappa shape index (κ3) is 22.7. The molecule has 0 aliphatic heterocycles. The Balaban J connectivity index is 2.37. The van der Waals surface area contributed by atoms with E-state index in [0.717, 1.165) is 5.56 Å². The summed E-state index contributed by atoms with van der Waals surface area (Å²) in [5, 5.41) is 38.1. The Labute approximate surface area is 416 Å². The lowest BCUT2D eigenvalue weighted by Gasteiger charge is -2.28. The number of carboxylic acids is 1. The summed E-state index contributed by atoms with van der Waals surface area (Å²) in [6.45, 7) is 5.93. The third-order valence-corrected chi connectivity index (χ3v) is 11.6. The number of phenolic OH excluding ortho intramolecular Hbond substituents is 1. The van der Waals surface area contributed by atoms with E-state index in [1.165, 1.54) is 31.2 Å². The Hall–Kier alpha value is -5.81. The predicted octanol–water partition coefficient (Wildman–Crippen LogP) is -0.634. The maximum absolute atomic E-state index is 14.3. The molecule has 17 N–H and O–H groups in total. The number of rotatable bonds is 34. The van der Waals surface area contributed by atoms with Crippen molar-refractivity contribution in [3.8, 4) is 5.75 Å². The minimum atomic E-state index is -1.36. The van der Waals surface area contributed by atoms with Crippen molar-refractivity contribution in [2.45, 2.75) is 146 Å². The number of nitrogens with two attached hydrogens (primary N) is 4. The number of benzene rings is 2. The Morgan fingerprint density at radius 3 is 1.34 bits per heavy atom. The lowest BCUT2D eigenvalue weighted by atomic mass is 10.0. The van der Waals surface area contributed by atoms with Crippen molar-refractivity contribution in [1.82, 2.24) is 37.2 Å². The normalized spacial score (nSPS) is 14.6. The lowest BCUT2D eigenvalue weighted by molar-refractivity contribution is -0.142. The van der Waals surface area contributed by atoms with Crippen LogP contribution in [0.1, 0.15) is 96.1 Å². The van der Waals surface area contributed by atoms with Gasteiger partial charge in [-0.2, -0.15) is 12.6 Å². The first-order valence-electron chi connectivity index (χ1n) is 24.0. The topological polar surface area (TPSA) is 365 Å². The fraction of sp³-hybridized carbons (Fsp3) is 0.583. The number of carbonyl (C=O) groups excluding carboxylic acids is 7. The lowest BCUT2D eigenvalue weighted by Crippen LogP contribution is -2.60. The molecule has 2 aromatic rings. The van der Waals surface area contributed by atoms with Crippen LogP contribution in [0.4, 0.5) is 0 Å². The first-order chi connectivity index (χ1) is 33.3. The highest BCUT2D eigenvalue weighted by molar-refractivity contribution is 7.80. The summed E-state index contributed by atoms with van der Waals surface area (Å²) in [5.41, 5.74) is 24.8. The fourth-order valence-electron chi connectivity index (χ4n) is 7.25. The molecule has 2 rings (SSSR count). The number of hydrogen-bond acceptors (Lipinski definition) is 14. The van der Waals surface area contributed by atoms with Gasteiger partial charge in [-0.1, -0.05) is 56.3 Å². The third-order valence-electron chi connectivity index (χ3n) is 11.3. The van der Waals surface area contributed by atoms with Crippen molar-refractivity contribution in [2.24, 2.45) is 28.9 Å². The van der Waals surface area contributed by atoms with Gasteiger partial charge in [0.1, 0.15) is 48.0 Å². The van der Waals surface area contributed by atoms with Crippen LogP contribution in [0, 0.1) is 5.92 Å². The van der Waals surface area contributed by atoms with Gasteiger partial charge in [0.15, 0.2) is 0 Å². The van der Waals surface area contributed by atoms with E-state index in [1.807, 2.05) is 30.3 Å². The second-order valence-corrected chi connectivity index (χ2v) is 18.1. The van der Waals surface area contributed by atoms with E-state index in [-0.39, 0.29) is 62.5 Å². The highest BCUT2D eigenvalue weighted by Crippen LogP contribution is 2.14. The molecular formula is C48H77N11O10S. The van der Waals surface area contributed by atoms with Crippen LogP contribution in [-0.4, -0.2) is 131 Å². The monoisotopic (exact) mass is 1000 g/mol. The van der Waals surface area contributed by atoms with E-state index in [0.29, 0.717) is 57.2 Å². The Bertz CT molecular complexity index is 1960. The van der Waals surface area contributed by atoms with Crippen molar-refractivity contribution in [3.05, 3.63) is 65.7 Å². The van der Waals surface area contributed by atoms with E-state index in [2.05, 4.69) is 49.8 Å². The van der Waals surface area contributed by atoms with Crippen LogP contribution in [0.15, 0.2) is 54.6 Å². The van der Waals surface area contributed by atoms with Crippen LogP contribution in [-0.2, 0) is 51.2 Å². The zero-order valence-corrected chi connectivity index (χ0v) is 41.5. The molecule has 0 saturated heterocycles. The molecule has 0 spiro atoms. The highest BCUT2D eigenvalue weighted by Gasteiger charge is 2.34. The molecule has 0 aliphatic carbocycles. The quantitative estimate of drug-likeness (QED) is 0.0307. The smallest absolute Gasteiger partial charge is 0.326 e. The second-order valence-electron chi connectivity index (χ2n) is 17.8. The SMILES string of the molecule is CC(C)C[C@H](NC(=O)[C@H](CS)NC(=O)[C@H](Cc1ccc(O)cc1)NC(=O)[C@H](CCCCN)NC(=O)[C@H](CCCCN)NC(=O)[C@H](CCCCN)NC(=O)[C@H](C)NC(=O)[C@@H](N)Cc1ccccc1)C(=O)O. The maximum Gasteiger partial charge on any atom is 0.326 e. The van der Waals surface area contributed by atoms with Crippen molar-refractivity contribution in [2.75, 3.05) is 25.4 Å². The molecule has 0 aromatic heterocycles. The second kappa shape index (κ2) is 32.9. The van der Waals surface area contributed by atoms with Gasteiger partial charge in [0.05, 0.1) is 6.04 Å². The largest absolute Gasteiger partial charge is 0.508 e. The Kier molecular flexibility index (Phi) is 28.3. The van der Waals surface area contributed by atoms with Crippen LogP contribution >= 0.6 is 12.6 Å². The van der Waals surface area contributed by atoms with E-state index in [1.54, 1.807) is 13.8 Å². The first kappa shape index (κ1) is 60.3. The zero-order valence-electron chi connectivity index (χ0n) is 40.6. The van der Waals surface area contributed by atoms with Gasteiger partial charge in [0, 0.05) is 12.2 Å². The van der Waals surface area contributed by atoms with Gasteiger partial charge < -0.3 is 70.4 Å². The van der Waals surface area contributed by atoms with Crippen LogP contribution in [0.25, 0.3) is 0 Å². The molecule has 0 radical (unpaired) electrons. The van der Waals surface area contributed by atoms with E-state index >= 15 is 0 Å². The van der Waals surface area contributed by atoms with Gasteiger partial charge in [-0.3, -0.25) is 33.6 Å². The van der Waals surface area contributed by atoms with Crippen LogP contribution in [0.3, 0.4) is 0 Å². The molecule has 22 heteroatoms. The minimum absolute atomic E-state index is 0.0477. The summed E-state index contributed by atoms with van der Waals surface area (Å²) >= 11 is 4.23. The van der Waals surface area contributed by atoms with E-state index in [9.17, 15) is 48.6 Å². The van der Waals surface area contributed by atoms with Crippen molar-refractivity contribution >= 4 is 59.9 Å². The average Bonchev–Trinajstić information content (AvgIpc) is 3.32. The number of thiol groups is 1. The van der Waals surface area contributed by atoms with Gasteiger partial charge in [0.2, 0.25) is 41.4 Å². The molecule has 390 valence electrons. The van der Waals surface area contributed by atoms with Crippen molar-refractivity contribution < 1.29 is 48.6 Å².